The summed E-state index contributed by atoms with van der Waals surface area (Å²) in [5.41, 5.74) is 3.18. The molecule has 0 amide bonds. The van der Waals surface area contributed by atoms with Crippen molar-refractivity contribution in [3.8, 4) is 11.6 Å². The molecule has 3 aromatic rings. The van der Waals surface area contributed by atoms with E-state index in [0.29, 0.717) is 11.3 Å². The maximum atomic E-state index is 12.8. The van der Waals surface area contributed by atoms with Crippen molar-refractivity contribution >= 4 is 39.5 Å². The number of nitrogens with one attached hydrogen (secondary N) is 1. The molecule has 4 saturated carbocycles. The quantitative estimate of drug-likeness (QED) is 0.443. The lowest BCUT2D eigenvalue weighted by molar-refractivity contribution is -0.00518. The van der Waals surface area contributed by atoms with Crippen LogP contribution in [0.25, 0.3) is 17.3 Å². The molecule has 0 atom stereocenters. The Bertz CT molecular complexity index is 1540. The number of hydrogen-bond acceptors (Lipinski definition) is 4. The summed E-state index contributed by atoms with van der Waals surface area (Å²) in [6.45, 7) is 0. The van der Waals surface area contributed by atoms with E-state index < -0.39 is 11.2 Å². The molecule has 0 spiro atoms. The molecule has 1 aliphatic heterocycles. The van der Waals surface area contributed by atoms with Gasteiger partial charge in [-0.1, -0.05) is 28.1 Å². The minimum atomic E-state index is -0.662. The highest BCUT2D eigenvalue weighted by Crippen LogP contribution is 2.60. The van der Waals surface area contributed by atoms with Crippen molar-refractivity contribution < 1.29 is 5.11 Å². The molecule has 5 aliphatic rings. The predicted octanol–water partition coefficient (Wildman–Crippen LogP) is 5.72. The molecule has 4 fully saturated rings. The molecule has 1 aromatic heterocycles. The number of fused-ring (bicyclic) bond motifs is 1. The lowest BCUT2D eigenvalue weighted by atomic mass is 9.48. The summed E-state index contributed by atoms with van der Waals surface area (Å²) in [7, 11) is 0. The summed E-state index contributed by atoms with van der Waals surface area (Å²) >= 11 is 3.47. The van der Waals surface area contributed by atoms with E-state index in [1.807, 2.05) is 30.3 Å². The topological polar surface area (TPSA) is 87.5 Å². The molecule has 0 unspecified atom stereocenters. The standard InChI is InChI=1S/C29H26BrN3O3/c30-21-3-6-25-23(11-21)19(15-31-25)10-24-26(34)32-28(36)33(27(24)35)22-4-1-20(2-5-22)29-12-16-7-17(13-29)9-18(8-16)14-29/h1-6,10-11,15-18,35H,7-9,12-14H2,(H,32,34,36)/b19-10+. The van der Waals surface area contributed by atoms with Gasteiger partial charge in [-0.2, -0.15) is 0 Å². The number of H-pyrrole nitrogens is 1. The largest absolute Gasteiger partial charge is 0.494 e. The van der Waals surface area contributed by atoms with Crippen molar-refractivity contribution in [1.29, 1.82) is 0 Å². The summed E-state index contributed by atoms with van der Waals surface area (Å²) in [6.07, 6.45) is 11.2. The molecule has 182 valence electrons. The fraction of sp³-hybridized carbons (Fsp3) is 0.345. The first-order chi connectivity index (χ1) is 17.4. The van der Waals surface area contributed by atoms with Gasteiger partial charge in [-0.25, -0.2) is 9.36 Å². The summed E-state index contributed by atoms with van der Waals surface area (Å²) in [6, 6.07) is 13.7. The average Bonchev–Trinajstić information content (AvgIpc) is 3.23. The number of aromatic hydroxyl groups is 1. The Labute approximate surface area is 216 Å². The molecule has 7 heteroatoms. The Hall–Kier alpha value is -3.19. The van der Waals surface area contributed by atoms with Crippen molar-refractivity contribution in [3.05, 3.63) is 84.5 Å². The zero-order valence-corrected chi connectivity index (χ0v) is 21.3. The third-order valence-corrected chi connectivity index (χ3v) is 9.30. The Morgan fingerprint density at radius 2 is 1.67 bits per heavy atom. The Morgan fingerprint density at radius 3 is 2.33 bits per heavy atom. The maximum Gasteiger partial charge on any atom is 0.335 e. The van der Waals surface area contributed by atoms with E-state index in [9.17, 15) is 14.7 Å². The summed E-state index contributed by atoms with van der Waals surface area (Å²) in [5, 5.41) is 11.1. The van der Waals surface area contributed by atoms with Crippen LogP contribution < -0.4 is 11.2 Å². The molecule has 4 aliphatic carbocycles. The van der Waals surface area contributed by atoms with Crippen LogP contribution in [0.15, 0.2) is 61.5 Å². The van der Waals surface area contributed by atoms with E-state index in [2.05, 4.69) is 38.0 Å². The van der Waals surface area contributed by atoms with Crippen LogP contribution in [0.1, 0.15) is 55.2 Å². The van der Waals surface area contributed by atoms with Gasteiger partial charge in [0.25, 0.3) is 5.56 Å². The van der Waals surface area contributed by atoms with E-state index in [1.165, 1.54) is 48.7 Å². The molecule has 36 heavy (non-hydrogen) atoms. The fourth-order valence-electron chi connectivity index (χ4n) is 7.67. The zero-order chi connectivity index (χ0) is 24.6. The van der Waals surface area contributed by atoms with Crippen molar-refractivity contribution in [1.82, 2.24) is 9.55 Å². The van der Waals surface area contributed by atoms with E-state index in [0.717, 1.165) is 33.5 Å². The van der Waals surface area contributed by atoms with Gasteiger partial charge in [0, 0.05) is 21.8 Å². The van der Waals surface area contributed by atoms with E-state index in [4.69, 9.17) is 0 Å². The summed E-state index contributed by atoms with van der Waals surface area (Å²) < 4.78 is 2.06. The predicted molar refractivity (Wildman–Crippen MR) is 144 cm³/mol. The molecule has 4 bridgehead atoms. The first-order valence-corrected chi connectivity index (χ1v) is 13.4. The van der Waals surface area contributed by atoms with Gasteiger partial charge in [-0.05, 0) is 104 Å². The van der Waals surface area contributed by atoms with Crippen LogP contribution in [0, 0.1) is 17.8 Å². The monoisotopic (exact) mass is 543 g/mol. The summed E-state index contributed by atoms with van der Waals surface area (Å²) in [5.74, 6) is 2.17. The number of nitrogens with zero attached hydrogens (tertiary/aromatic N) is 2. The van der Waals surface area contributed by atoms with Gasteiger partial charge in [0.2, 0.25) is 5.88 Å². The van der Waals surface area contributed by atoms with E-state index in [1.54, 1.807) is 12.3 Å². The molecule has 8 rings (SSSR count). The highest BCUT2D eigenvalue weighted by molar-refractivity contribution is 9.10. The highest BCUT2D eigenvalue weighted by Gasteiger charge is 2.51. The third-order valence-electron chi connectivity index (χ3n) is 8.81. The number of hydrogen-bond donors (Lipinski definition) is 2. The minimum Gasteiger partial charge on any atom is -0.494 e. The SMILES string of the molecule is O=c1[nH]c(=O)n(-c2ccc(C34CC5CC(CC(C5)C3)C4)cc2)c(O)c1/C=C1\C=Nc2ccc(Br)cc21. The van der Waals surface area contributed by atoms with Gasteiger partial charge in [0.1, 0.15) is 5.56 Å². The van der Waals surface area contributed by atoms with Crippen LogP contribution in [-0.2, 0) is 5.41 Å². The average molecular weight is 544 g/mol. The second-order valence-corrected chi connectivity index (χ2v) is 12.0. The van der Waals surface area contributed by atoms with Crippen molar-refractivity contribution in [2.45, 2.75) is 43.9 Å². The van der Waals surface area contributed by atoms with Gasteiger partial charge < -0.3 is 5.11 Å². The zero-order valence-electron chi connectivity index (χ0n) is 19.7. The Kier molecular flexibility index (Phi) is 4.84. The van der Waals surface area contributed by atoms with Crippen molar-refractivity contribution in [3.63, 3.8) is 0 Å². The second-order valence-electron chi connectivity index (χ2n) is 11.1. The lowest BCUT2D eigenvalue weighted by Gasteiger charge is -2.57. The van der Waals surface area contributed by atoms with Crippen LogP contribution in [0.3, 0.4) is 0 Å². The molecule has 2 heterocycles. The molecule has 2 aromatic carbocycles. The smallest absolute Gasteiger partial charge is 0.335 e. The van der Waals surface area contributed by atoms with Crippen molar-refractivity contribution in [2.24, 2.45) is 22.7 Å². The van der Waals surface area contributed by atoms with E-state index in [-0.39, 0.29) is 16.9 Å². The Morgan fingerprint density at radius 1 is 1.00 bits per heavy atom. The molecular weight excluding hydrogens is 518 g/mol. The van der Waals surface area contributed by atoms with Crippen LogP contribution in [0.4, 0.5) is 5.69 Å². The van der Waals surface area contributed by atoms with Crippen molar-refractivity contribution in [2.75, 3.05) is 0 Å². The molecule has 0 radical (unpaired) electrons. The molecular formula is C29H26BrN3O3. The molecule has 0 saturated heterocycles. The first kappa shape index (κ1) is 22.0. The maximum absolute atomic E-state index is 12.8. The van der Waals surface area contributed by atoms with Crippen LogP contribution in [0.5, 0.6) is 5.88 Å². The third kappa shape index (κ3) is 3.39. The minimum absolute atomic E-state index is 0.0223. The number of aliphatic imine (C=N–C) groups is 1. The normalized spacial score (nSPS) is 28.7. The molecule has 6 nitrogen and oxygen atoms in total. The number of allylic oxidation sites excluding steroid dienone is 1. The van der Waals surface area contributed by atoms with Gasteiger partial charge in [-0.3, -0.25) is 14.8 Å². The molecule has 2 N–H and O–H groups in total. The number of halogens is 1. The van der Waals surface area contributed by atoms with Gasteiger partial charge in [0.05, 0.1) is 11.4 Å². The van der Waals surface area contributed by atoms with Crippen LogP contribution in [0.2, 0.25) is 0 Å². The first-order valence-electron chi connectivity index (χ1n) is 12.6. The number of benzene rings is 2. The van der Waals surface area contributed by atoms with Crippen LogP contribution >= 0.6 is 15.9 Å². The van der Waals surface area contributed by atoms with Crippen LogP contribution in [-0.4, -0.2) is 20.9 Å². The number of aromatic nitrogens is 2. The van der Waals surface area contributed by atoms with E-state index >= 15 is 0 Å². The van der Waals surface area contributed by atoms with Gasteiger partial charge in [0.15, 0.2) is 0 Å². The Balaban J connectivity index is 1.27. The fourth-order valence-corrected chi connectivity index (χ4v) is 8.03. The second kappa shape index (κ2) is 7.90. The van der Waals surface area contributed by atoms with Gasteiger partial charge in [-0.15, -0.1) is 0 Å². The number of rotatable bonds is 3. The highest BCUT2D eigenvalue weighted by atomic mass is 79.9. The van der Waals surface area contributed by atoms with Gasteiger partial charge >= 0.3 is 5.69 Å². The lowest BCUT2D eigenvalue weighted by Crippen LogP contribution is -2.48. The number of aromatic amines is 1. The summed E-state index contributed by atoms with van der Waals surface area (Å²) in [4.78, 5) is 32.3.